The molecule has 0 radical (unpaired) electrons. The summed E-state index contributed by atoms with van der Waals surface area (Å²) in [4.78, 5) is 0. The zero-order chi connectivity index (χ0) is 14.4. The van der Waals surface area contributed by atoms with Crippen molar-refractivity contribution in [3.05, 3.63) is 18.0 Å². The van der Waals surface area contributed by atoms with Gasteiger partial charge in [-0.25, -0.2) is 13.1 Å². The van der Waals surface area contributed by atoms with Crippen molar-refractivity contribution < 1.29 is 8.42 Å². The van der Waals surface area contributed by atoms with Gasteiger partial charge in [-0.2, -0.15) is 5.10 Å². The van der Waals surface area contributed by atoms with Crippen LogP contribution in [-0.4, -0.2) is 43.1 Å². The molecule has 2 rings (SSSR count). The average molecular weight is 300 g/mol. The number of aryl methyl sites for hydroxylation is 1. The highest BCUT2D eigenvalue weighted by molar-refractivity contribution is 7.89. The molecule has 0 aliphatic heterocycles. The number of nitrogens with one attached hydrogen (secondary N) is 2. The minimum absolute atomic E-state index is 0.210. The lowest BCUT2D eigenvalue weighted by Crippen LogP contribution is -2.29. The normalized spacial score (nSPS) is 15.7. The van der Waals surface area contributed by atoms with Crippen molar-refractivity contribution in [1.82, 2.24) is 19.8 Å². The molecule has 6 nitrogen and oxygen atoms in total. The Hall–Kier alpha value is -0.920. The van der Waals surface area contributed by atoms with Crippen LogP contribution in [0.5, 0.6) is 0 Å². The second kappa shape index (κ2) is 7.19. The van der Waals surface area contributed by atoms with Crippen molar-refractivity contribution in [2.75, 3.05) is 18.8 Å². The number of rotatable bonds is 10. The summed E-state index contributed by atoms with van der Waals surface area (Å²) in [5.41, 5.74) is 0.906. The Bertz CT molecular complexity index is 508. The molecule has 0 unspecified atom stereocenters. The van der Waals surface area contributed by atoms with Crippen molar-refractivity contribution >= 4 is 10.0 Å². The molecule has 1 fully saturated rings. The highest BCUT2D eigenvalue weighted by Crippen LogP contribution is 2.18. The first-order valence-electron chi connectivity index (χ1n) is 7.24. The Morgan fingerprint density at radius 1 is 1.35 bits per heavy atom. The molecule has 0 spiro atoms. The third kappa shape index (κ3) is 6.02. The molecule has 7 heteroatoms. The predicted octanol–water partition coefficient (Wildman–Crippen LogP) is 0.414. The standard InChI is InChI=1S/C13H24N4O2S/c1-17-10-7-13(16-17)6-9-15-20(18,19)11-3-2-8-14-12-4-5-12/h7,10,12,14-15H,2-6,8-9,11H2,1H3. The van der Waals surface area contributed by atoms with E-state index in [0.29, 0.717) is 25.4 Å². The quantitative estimate of drug-likeness (QED) is 0.614. The van der Waals surface area contributed by atoms with Crippen molar-refractivity contribution in [2.45, 2.75) is 38.1 Å². The van der Waals surface area contributed by atoms with Crippen LogP contribution in [-0.2, 0) is 23.5 Å². The zero-order valence-corrected chi connectivity index (χ0v) is 12.8. The van der Waals surface area contributed by atoms with Crippen LogP contribution in [0.4, 0.5) is 0 Å². The number of hydrogen-bond donors (Lipinski definition) is 2. The first kappa shape index (κ1) is 15.5. The summed E-state index contributed by atoms with van der Waals surface area (Å²) in [5.74, 6) is 0.210. The molecule has 0 aromatic carbocycles. The maximum atomic E-state index is 11.8. The van der Waals surface area contributed by atoms with Gasteiger partial charge in [-0.15, -0.1) is 0 Å². The fraction of sp³-hybridized carbons (Fsp3) is 0.769. The van der Waals surface area contributed by atoms with E-state index in [9.17, 15) is 8.42 Å². The summed E-state index contributed by atoms with van der Waals surface area (Å²) in [6.45, 7) is 1.34. The molecule has 1 saturated carbocycles. The maximum Gasteiger partial charge on any atom is 0.211 e. The molecule has 0 atom stereocenters. The first-order chi connectivity index (χ1) is 9.55. The molecule has 1 aliphatic carbocycles. The van der Waals surface area contributed by atoms with Gasteiger partial charge in [0.1, 0.15) is 0 Å². The van der Waals surface area contributed by atoms with Crippen molar-refractivity contribution in [3.63, 3.8) is 0 Å². The largest absolute Gasteiger partial charge is 0.314 e. The molecule has 1 aromatic heterocycles. The monoisotopic (exact) mass is 300 g/mol. The topological polar surface area (TPSA) is 76.0 Å². The van der Waals surface area contributed by atoms with Gasteiger partial charge < -0.3 is 5.32 Å². The lowest BCUT2D eigenvalue weighted by Gasteiger charge is -2.06. The molecule has 1 aromatic rings. The van der Waals surface area contributed by atoms with Crippen molar-refractivity contribution in [1.29, 1.82) is 0 Å². The van der Waals surface area contributed by atoms with Gasteiger partial charge >= 0.3 is 0 Å². The molecule has 0 saturated heterocycles. The third-order valence-electron chi connectivity index (χ3n) is 3.32. The second-order valence-electron chi connectivity index (χ2n) is 5.38. The van der Waals surface area contributed by atoms with Crippen LogP contribution in [0, 0.1) is 0 Å². The highest BCUT2D eigenvalue weighted by Gasteiger charge is 2.19. The van der Waals surface area contributed by atoms with Gasteiger partial charge in [0.2, 0.25) is 10.0 Å². The van der Waals surface area contributed by atoms with Crippen LogP contribution >= 0.6 is 0 Å². The maximum absolute atomic E-state index is 11.8. The van der Waals surface area contributed by atoms with Crippen LogP contribution < -0.4 is 10.0 Å². The van der Waals surface area contributed by atoms with Gasteiger partial charge in [0.05, 0.1) is 11.4 Å². The summed E-state index contributed by atoms with van der Waals surface area (Å²) in [6, 6.07) is 2.60. The minimum Gasteiger partial charge on any atom is -0.314 e. The fourth-order valence-electron chi connectivity index (χ4n) is 2.01. The lowest BCUT2D eigenvalue weighted by atomic mass is 10.3. The Balaban J connectivity index is 1.55. The molecule has 0 amide bonds. The Labute approximate surface area is 121 Å². The van der Waals surface area contributed by atoms with E-state index in [1.807, 2.05) is 19.3 Å². The van der Waals surface area contributed by atoms with Gasteiger partial charge in [0.25, 0.3) is 0 Å². The van der Waals surface area contributed by atoms with Crippen molar-refractivity contribution in [2.24, 2.45) is 7.05 Å². The zero-order valence-electron chi connectivity index (χ0n) is 12.0. The summed E-state index contributed by atoms with van der Waals surface area (Å²) in [5, 5.41) is 7.60. The van der Waals surface area contributed by atoms with Gasteiger partial charge in [0, 0.05) is 32.3 Å². The Morgan fingerprint density at radius 3 is 2.80 bits per heavy atom. The molecule has 2 N–H and O–H groups in total. The Kier molecular flexibility index (Phi) is 5.56. The van der Waals surface area contributed by atoms with Crippen LogP contribution in [0.3, 0.4) is 0 Å². The number of nitrogens with zero attached hydrogens (tertiary/aromatic N) is 2. The van der Waals surface area contributed by atoms with Crippen LogP contribution in [0.1, 0.15) is 31.4 Å². The molecule has 0 bridgehead atoms. The minimum atomic E-state index is -3.14. The van der Waals surface area contributed by atoms with E-state index in [-0.39, 0.29) is 5.75 Å². The van der Waals surface area contributed by atoms with Crippen molar-refractivity contribution in [3.8, 4) is 0 Å². The van der Waals surface area contributed by atoms with E-state index in [1.54, 1.807) is 4.68 Å². The van der Waals surface area contributed by atoms with Crippen LogP contribution in [0.25, 0.3) is 0 Å². The molecular weight excluding hydrogens is 276 g/mol. The number of aromatic nitrogens is 2. The van der Waals surface area contributed by atoms with E-state index in [2.05, 4.69) is 15.1 Å². The Morgan fingerprint density at radius 2 is 2.15 bits per heavy atom. The summed E-state index contributed by atoms with van der Waals surface area (Å²) in [7, 11) is -1.29. The highest BCUT2D eigenvalue weighted by atomic mass is 32.2. The SMILES string of the molecule is Cn1ccc(CCNS(=O)(=O)CCCCNC2CC2)n1. The van der Waals surface area contributed by atoms with E-state index >= 15 is 0 Å². The predicted molar refractivity (Wildman–Crippen MR) is 79.0 cm³/mol. The lowest BCUT2D eigenvalue weighted by molar-refractivity contribution is 0.572. The molecular formula is C13H24N4O2S. The van der Waals surface area contributed by atoms with Crippen LogP contribution in [0.2, 0.25) is 0 Å². The first-order valence-corrected chi connectivity index (χ1v) is 8.90. The van der Waals surface area contributed by atoms with E-state index in [4.69, 9.17) is 0 Å². The number of unbranched alkanes of at least 4 members (excludes halogenated alkanes) is 1. The second-order valence-corrected chi connectivity index (χ2v) is 7.31. The number of hydrogen-bond acceptors (Lipinski definition) is 4. The van der Waals surface area contributed by atoms with E-state index in [1.165, 1.54) is 12.8 Å². The average Bonchev–Trinajstić information content (AvgIpc) is 3.11. The van der Waals surface area contributed by atoms with E-state index in [0.717, 1.165) is 18.7 Å². The summed E-state index contributed by atoms with van der Waals surface area (Å²) >= 11 is 0. The molecule has 1 heterocycles. The van der Waals surface area contributed by atoms with Gasteiger partial charge in [-0.05, 0) is 38.3 Å². The molecule has 1 aliphatic rings. The van der Waals surface area contributed by atoms with Gasteiger partial charge in [-0.1, -0.05) is 0 Å². The van der Waals surface area contributed by atoms with Gasteiger partial charge in [0.15, 0.2) is 0 Å². The number of sulfonamides is 1. The summed E-state index contributed by atoms with van der Waals surface area (Å²) < 4.78 is 27.9. The summed E-state index contributed by atoms with van der Waals surface area (Å²) in [6.07, 6.45) is 6.65. The van der Waals surface area contributed by atoms with E-state index < -0.39 is 10.0 Å². The smallest absolute Gasteiger partial charge is 0.211 e. The molecule has 20 heavy (non-hydrogen) atoms. The third-order valence-corrected chi connectivity index (χ3v) is 4.79. The fourth-order valence-corrected chi connectivity index (χ4v) is 3.16. The van der Waals surface area contributed by atoms with Gasteiger partial charge in [-0.3, -0.25) is 4.68 Å². The molecule has 114 valence electrons. The van der Waals surface area contributed by atoms with Crippen LogP contribution in [0.15, 0.2) is 12.3 Å².